The van der Waals surface area contributed by atoms with E-state index in [4.69, 9.17) is 0 Å². The van der Waals surface area contributed by atoms with Gasteiger partial charge in [0, 0.05) is 31.8 Å². The van der Waals surface area contributed by atoms with Crippen LogP contribution in [0, 0.1) is 0 Å². The number of rotatable bonds is 1. The average molecular weight is 298 g/mol. The Bertz CT molecular complexity index is 403. The van der Waals surface area contributed by atoms with Crippen LogP contribution in [0.4, 0.5) is 0 Å². The molecule has 0 aliphatic heterocycles. The first kappa shape index (κ1) is 14.4. The Labute approximate surface area is 115 Å². The van der Waals surface area contributed by atoms with Crippen molar-refractivity contribution in [2.75, 3.05) is 0 Å². The minimum Gasteiger partial charge on any atom is -0.507 e. The fourth-order valence-electron chi connectivity index (χ4n) is 1.34. The van der Waals surface area contributed by atoms with Gasteiger partial charge in [0.25, 0.3) is 0 Å². The Hall–Kier alpha value is -0.587. The smallest absolute Gasteiger partial charge is 0.123 e. The molecule has 0 heterocycles. The molecule has 2 rings (SSSR count). The molecule has 0 spiro atoms. The van der Waals surface area contributed by atoms with Gasteiger partial charge in [-0.15, -0.1) is 12.4 Å². The maximum absolute atomic E-state index is 9.56. The van der Waals surface area contributed by atoms with E-state index in [-0.39, 0.29) is 38.6 Å². The number of phenols is 1. The largest absolute Gasteiger partial charge is 0.507 e. The van der Waals surface area contributed by atoms with Gasteiger partial charge in [-0.1, -0.05) is 48.5 Å². The number of hydrogen-bond acceptors (Lipinski definition) is 1. The van der Waals surface area contributed by atoms with E-state index in [0.717, 1.165) is 11.1 Å². The number of aromatic hydroxyl groups is 1. The van der Waals surface area contributed by atoms with Crippen molar-refractivity contribution in [1.29, 1.82) is 0 Å². The molecule has 0 unspecified atom stereocenters. The summed E-state index contributed by atoms with van der Waals surface area (Å²) >= 11 is 0. The zero-order valence-electron chi connectivity index (χ0n) is 8.05. The Morgan fingerprint density at radius 1 is 0.733 bits per heavy atom. The third-order valence-electron chi connectivity index (χ3n) is 1.99. The van der Waals surface area contributed by atoms with Crippen molar-refractivity contribution in [3.63, 3.8) is 0 Å². The van der Waals surface area contributed by atoms with Gasteiger partial charge in [0.15, 0.2) is 0 Å². The van der Waals surface area contributed by atoms with Crippen LogP contribution in [0.15, 0.2) is 54.6 Å². The zero-order chi connectivity index (χ0) is 9.10. The second-order valence-electron chi connectivity index (χ2n) is 2.88. The van der Waals surface area contributed by atoms with Crippen LogP contribution in [0.1, 0.15) is 0 Å². The van der Waals surface area contributed by atoms with E-state index >= 15 is 0 Å². The third-order valence-corrected chi connectivity index (χ3v) is 1.99. The van der Waals surface area contributed by atoms with Gasteiger partial charge in [-0.3, -0.25) is 0 Å². The quantitative estimate of drug-likeness (QED) is 0.854. The molecule has 0 aliphatic rings. The van der Waals surface area contributed by atoms with Crippen LogP contribution in [0.2, 0.25) is 0 Å². The Morgan fingerprint density at radius 2 is 1.27 bits per heavy atom. The number of benzene rings is 2. The summed E-state index contributed by atoms with van der Waals surface area (Å²) in [6.07, 6.45) is 0. The Morgan fingerprint density at radius 3 is 1.87 bits per heavy atom. The summed E-state index contributed by atoms with van der Waals surface area (Å²) < 4.78 is 0. The summed E-state index contributed by atoms with van der Waals surface area (Å²) in [5.74, 6) is 0.328. The molecular weight excluding hydrogens is 287 g/mol. The van der Waals surface area contributed by atoms with E-state index in [1.807, 2.05) is 48.5 Å². The van der Waals surface area contributed by atoms with Crippen molar-refractivity contribution in [3.8, 4) is 16.9 Å². The second kappa shape index (κ2) is 6.82. The molecule has 0 fully saturated rings. The van der Waals surface area contributed by atoms with E-state index in [1.54, 1.807) is 6.07 Å². The van der Waals surface area contributed by atoms with E-state index in [2.05, 4.69) is 0 Å². The van der Waals surface area contributed by atoms with Crippen molar-refractivity contribution in [2.24, 2.45) is 0 Å². The summed E-state index contributed by atoms with van der Waals surface area (Å²) in [6.45, 7) is 0. The molecule has 0 radical (unpaired) electrons. The van der Waals surface area contributed by atoms with Gasteiger partial charge in [0.1, 0.15) is 5.75 Å². The van der Waals surface area contributed by atoms with Crippen molar-refractivity contribution < 1.29 is 31.3 Å². The molecule has 1 N–H and O–H groups in total. The number of phenolic OH excluding ortho intramolecular Hbond substituents is 1. The first-order chi connectivity index (χ1) is 6.38. The molecule has 0 bridgehead atoms. The van der Waals surface area contributed by atoms with Gasteiger partial charge in [-0.2, -0.15) is 0 Å². The molecule has 1 nitrogen and oxygen atoms in total. The predicted molar refractivity (Wildman–Crippen MR) is 60.8 cm³/mol. The van der Waals surface area contributed by atoms with E-state index in [1.165, 1.54) is 0 Å². The maximum Gasteiger partial charge on any atom is 0.123 e. The van der Waals surface area contributed by atoms with Gasteiger partial charge in [0.05, 0.1) is 0 Å². The van der Waals surface area contributed by atoms with Crippen molar-refractivity contribution in [2.45, 2.75) is 0 Å². The van der Waals surface area contributed by atoms with Crippen LogP contribution < -0.4 is 0 Å². The topological polar surface area (TPSA) is 20.2 Å². The molecule has 0 saturated carbocycles. The van der Waals surface area contributed by atoms with E-state index < -0.39 is 0 Å². The molecule has 0 atom stereocenters. The monoisotopic (exact) mass is 296 g/mol. The molecule has 76 valence electrons. The minimum absolute atomic E-state index is 0. The zero-order valence-corrected chi connectivity index (χ0v) is 11.3. The summed E-state index contributed by atoms with van der Waals surface area (Å²) in [7, 11) is 0. The van der Waals surface area contributed by atoms with Crippen LogP contribution >= 0.6 is 12.4 Å². The van der Waals surface area contributed by atoms with Gasteiger partial charge in [-0.25, -0.2) is 0 Å². The first-order valence-corrected chi connectivity index (χ1v) is 4.21. The minimum atomic E-state index is 0. The second-order valence-corrected chi connectivity index (χ2v) is 2.88. The molecular formula is C12H11ClOZr. The fourth-order valence-corrected chi connectivity index (χ4v) is 1.34. The van der Waals surface area contributed by atoms with E-state index in [9.17, 15) is 5.11 Å². The Balaban J connectivity index is 0.000000980. The summed E-state index contributed by atoms with van der Waals surface area (Å²) in [5, 5.41) is 9.56. The molecule has 2 aromatic rings. The fraction of sp³-hybridized carbons (Fsp3) is 0. The van der Waals surface area contributed by atoms with Gasteiger partial charge >= 0.3 is 0 Å². The molecule has 0 saturated heterocycles. The van der Waals surface area contributed by atoms with Crippen molar-refractivity contribution in [1.82, 2.24) is 0 Å². The molecule has 15 heavy (non-hydrogen) atoms. The summed E-state index contributed by atoms with van der Waals surface area (Å²) in [6, 6.07) is 17.2. The van der Waals surface area contributed by atoms with Crippen LogP contribution in [0.25, 0.3) is 11.1 Å². The van der Waals surface area contributed by atoms with Crippen molar-refractivity contribution >= 4 is 12.4 Å². The Kier molecular flexibility index (Phi) is 6.55. The van der Waals surface area contributed by atoms with Crippen LogP contribution in [-0.4, -0.2) is 5.11 Å². The average Bonchev–Trinajstić information content (AvgIpc) is 2.20. The normalized spacial score (nSPS) is 8.53. The molecule has 0 aliphatic carbocycles. The first-order valence-electron chi connectivity index (χ1n) is 4.21. The van der Waals surface area contributed by atoms with Gasteiger partial charge in [-0.05, 0) is 11.6 Å². The van der Waals surface area contributed by atoms with Crippen LogP contribution in [-0.2, 0) is 26.2 Å². The van der Waals surface area contributed by atoms with Crippen molar-refractivity contribution in [3.05, 3.63) is 54.6 Å². The summed E-state index contributed by atoms with van der Waals surface area (Å²) in [5.41, 5.74) is 1.92. The van der Waals surface area contributed by atoms with Crippen LogP contribution in [0.5, 0.6) is 5.75 Å². The maximum atomic E-state index is 9.56. The molecule has 3 heteroatoms. The number of halogens is 1. The SMILES string of the molecule is Cl.Oc1ccccc1-c1ccccc1.[Zr]. The number of hydrogen-bond donors (Lipinski definition) is 1. The molecule has 2 aromatic carbocycles. The van der Waals surface area contributed by atoms with Crippen LogP contribution in [0.3, 0.4) is 0 Å². The third kappa shape index (κ3) is 3.48. The summed E-state index contributed by atoms with van der Waals surface area (Å²) in [4.78, 5) is 0. The molecule has 0 amide bonds. The standard InChI is InChI=1S/C12H10O.ClH.Zr/c13-12-9-5-4-8-11(12)10-6-2-1-3-7-10;;/h1-9,13H;1H;. The predicted octanol–water partition coefficient (Wildman–Crippen LogP) is 3.48. The molecule has 0 aromatic heterocycles. The van der Waals surface area contributed by atoms with Gasteiger partial charge in [0.2, 0.25) is 0 Å². The van der Waals surface area contributed by atoms with E-state index in [0.29, 0.717) is 5.75 Å². The number of para-hydroxylation sites is 1. The van der Waals surface area contributed by atoms with Gasteiger partial charge < -0.3 is 5.11 Å².